The van der Waals surface area contributed by atoms with Gasteiger partial charge in [-0.25, -0.2) is 0 Å². The van der Waals surface area contributed by atoms with Gasteiger partial charge in [-0.05, 0) is 68.1 Å². The van der Waals surface area contributed by atoms with Crippen molar-refractivity contribution in [1.82, 2.24) is 20.5 Å². The fourth-order valence-corrected chi connectivity index (χ4v) is 6.56. The molecular formula is C34H36N4O4S. The minimum atomic E-state index is -1.58. The lowest BCUT2D eigenvalue weighted by Gasteiger charge is -2.33. The van der Waals surface area contributed by atoms with Crippen LogP contribution in [-0.4, -0.2) is 61.5 Å². The average molecular weight is 597 g/mol. The second-order valence-electron chi connectivity index (χ2n) is 11.4. The third-order valence-corrected chi connectivity index (χ3v) is 9.28. The molecule has 3 unspecified atom stereocenters. The minimum Gasteiger partial charge on any atom is -0.381 e. The smallest absolute Gasteiger partial charge is 0.254 e. The van der Waals surface area contributed by atoms with Gasteiger partial charge in [0.1, 0.15) is 6.04 Å². The van der Waals surface area contributed by atoms with Gasteiger partial charge in [0, 0.05) is 28.4 Å². The van der Waals surface area contributed by atoms with Gasteiger partial charge in [0.2, 0.25) is 5.91 Å². The molecule has 5 rings (SSSR count). The molecule has 9 heteroatoms. The zero-order valence-corrected chi connectivity index (χ0v) is 25.3. The maximum atomic E-state index is 13.9. The Labute approximate surface area is 255 Å². The molecule has 3 N–H and O–H groups in total. The van der Waals surface area contributed by atoms with Crippen molar-refractivity contribution in [3.8, 4) is 0 Å². The molecule has 0 saturated carbocycles. The molecule has 8 nitrogen and oxygen atoms in total. The molecule has 3 amide bonds. The number of hydrogen-bond acceptors (Lipinski definition) is 6. The molecule has 0 radical (unpaired) electrons. The minimum absolute atomic E-state index is 0.225. The maximum absolute atomic E-state index is 13.9. The molecule has 43 heavy (non-hydrogen) atoms. The summed E-state index contributed by atoms with van der Waals surface area (Å²) in [6.07, 6.45) is 0.337. The summed E-state index contributed by atoms with van der Waals surface area (Å²) < 4.78 is -0.581. The van der Waals surface area contributed by atoms with Crippen molar-refractivity contribution in [1.29, 1.82) is 0 Å². The van der Waals surface area contributed by atoms with E-state index in [0.717, 1.165) is 27.6 Å². The van der Waals surface area contributed by atoms with E-state index >= 15 is 0 Å². The Balaban J connectivity index is 1.36. The van der Waals surface area contributed by atoms with Crippen molar-refractivity contribution < 1.29 is 19.5 Å². The van der Waals surface area contributed by atoms with Crippen molar-refractivity contribution in [2.45, 2.75) is 56.7 Å². The lowest BCUT2D eigenvalue weighted by molar-refractivity contribution is -0.147. The molecule has 4 aromatic rings. The number of aliphatic hydroxyl groups excluding tert-OH is 1. The Morgan fingerprint density at radius 3 is 2.53 bits per heavy atom. The summed E-state index contributed by atoms with van der Waals surface area (Å²) in [5, 5.41) is 18.2. The van der Waals surface area contributed by atoms with E-state index in [1.807, 2.05) is 81.4 Å². The first-order valence-corrected chi connectivity index (χ1v) is 15.3. The van der Waals surface area contributed by atoms with E-state index in [1.54, 1.807) is 30.5 Å². The number of aromatic nitrogens is 1. The molecule has 1 aliphatic heterocycles. The van der Waals surface area contributed by atoms with Crippen LogP contribution in [0.3, 0.4) is 0 Å². The molecule has 2 heterocycles. The molecule has 0 aliphatic carbocycles. The predicted octanol–water partition coefficient (Wildman–Crippen LogP) is 4.24. The van der Waals surface area contributed by atoms with Gasteiger partial charge in [-0.3, -0.25) is 19.4 Å². The SMILES string of the molecule is Cc1ccccc1CNC(=O)C1N(C(=O)C(O)C(Cc2ccccc2)NC(=O)c2ccc3ncccc3c2)CSC1(C)C. The summed E-state index contributed by atoms with van der Waals surface area (Å²) in [5.74, 6) is -1.05. The second kappa shape index (κ2) is 13.0. The summed E-state index contributed by atoms with van der Waals surface area (Å²) >= 11 is 1.48. The molecule has 1 fully saturated rings. The van der Waals surface area contributed by atoms with Crippen LogP contribution in [-0.2, 0) is 22.6 Å². The van der Waals surface area contributed by atoms with Crippen molar-refractivity contribution in [2.75, 3.05) is 5.88 Å². The number of nitrogens with zero attached hydrogens (tertiary/aromatic N) is 2. The van der Waals surface area contributed by atoms with Crippen LogP contribution in [0.15, 0.2) is 91.1 Å². The number of pyridine rings is 1. The summed E-state index contributed by atoms with van der Waals surface area (Å²) in [5.41, 5.74) is 4.06. The zero-order chi connectivity index (χ0) is 30.6. The zero-order valence-electron chi connectivity index (χ0n) is 24.5. The quantitative estimate of drug-likeness (QED) is 0.267. The third kappa shape index (κ3) is 6.89. The Kier molecular flexibility index (Phi) is 9.13. The Hall–Kier alpha value is -4.21. The highest BCUT2D eigenvalue weighted by molar-refractivity contribution is 8.00. The monoisotopic (exact) mass is 596 g/mol. The highest BCUT2D eigenvalue weighted by atomic mass is 32.2. The van der Waals surface area contributed by atoms with Crippen molar-refractivity contribution >= 4 is 40.4 Å². The number of carbonyl (C=O) groups excluding carboxylic acids is 3. The number of aliphatic hydroxyl groups is 1. The number of benzene rings is 3. The Morgan fingerprint density at radius 1 is 1.02 bits per heavy atom. The molecule has 222 valence electrons. The molecule has 1 aliphatic rings. The first-order chi connectivity index (χ1) is 20.6. The lowest BCUT2D eigenvalue weighted by Crippen LogP contribution is -2.58. The summed E-state index contributed by atoms with van der Waals surface area (Å²) in [6.45, 7) is 6.17. The number of amides is 3. The average Bonchev–Trinajstić information content (AvgIpc) is 3.34. The van der Waals surface area contributed by atoms with E-state index in [9.17, 15) is 19.5 Å². The number of hydrogen-bond donors (Lipinski definition) is 3. The highest BCUT2D eigenvalue weighted by Gasteiger charge is 2.49. The van der Waals surface area contributed by atoms with Gasteiger partial charge >= 0.3 is 0 Å². The molecule has 1 saturated heterocycles. The molecular weight excluding hydrogens is 560 g/mol. The lowest BCUT2D eigenvalue weighted by atomic mass is 9.96. The number of nitrogens with one attached hydrogen (secondary N) is 2. The van der Waals surface area contributed by atoms with E-state index in [-0.39, 0.29) is 18.2 Å². The van der Waals surface area contributed by atoms with Crippen molar-refractivity contribution in [2.24, 2.45) is 0 Å². The van der Waals surface area contributed by atoms with Crippen LogP contribution >= 0.6 is 11.8 Å². The van der Waals surface area contributed by atoms with Gasteiger partial charge in [0.05, 0.1) is 17.4 Å². The van der Waals surface area contributed by atoms with Crippen molar-refractivity contribution in [3.05, 3.63) is 113 Å². The first-order valence-electron chi connectivity index (χ1n) is 14.3. The maximum Gasteiger partial charge on any atom is 0.254 e. The number of aryl methyl sites for hydroxylation is 1. The largest absolute Gasteiger partial charge is 0.381 e. The molecule has 3 aromatic carbocycles. The Morgan fingerprint density at radius 2 is 1.77 bits per heavy atom. The number of carbonyl (C=O) groups is 3. The fourth-order valence-electron chi connectivity index (χ4n) is 5.42. The van der Waals surface area contributed by atoms with E-state index < -0.39 is 34.7 Å². The topological polar surface area (TPSA) is 112 Å². The van der Waals surface area contributed by atoms with Crippen LogP contribution in [0.25, 0.3) is 10.9 Å². The van der Waals surface area contributed by atoms with Crippen LogP contribution in [0.2, 0.25) is 0 Å². The summed E-state index contributed by atoms with van der Waals surface area (Å²) in [7, 11) is 0. The fraction of sp³-hybridized carbons (Fsp3) is 0.294. The van der Waals surface area contributed by atoms with Crippen LogP contribution in [0.1, 0.15) is 40.9 Å². The molecule has 0 spiro atoms. The van der Waals surface area contributed by atoms with Crippen LogP contribution in [0, 0.1) is 6.92 Å². The van der Waals surface area contributed by atoms with Crippen molar-refractivity contribution in [3.63, 3.8) is 0 Å². The highest BCUT2D eigenvalue weighted by Crippen LogP contribution is 2.40. The number of thioether (sulfide) groups is 1. The van der Waals surface area contributed by atoms with E-state index in [2.05, 4.69) is 15.6 Å². The van der Waals surface area contributed by atoms with E-state index in [4.69, 9.17) is 0 Å². The van der Waals surface area contributed by atoms with Gasteiger partial charge in [-0.15, -0.1) is 11.8 Å². The summed E-state index contributed by atoms with van der Waals surface area (Å²) in [6, 6.07) is 24.3. The van der Waals surface area contributed by atoms with Crippen LogP contribution < -0.4 is 10.6 Å². The van der Waals surface area contributed by atoms with Crippen LogP contribution in [0.5, 0.6) is 0 Å². The normalized spacial score (nSPS) is 17.3. The van der Waals surface area contributed by atoms with Gasteiger partial charge in [0.15, 0.2) is 6.10 Å². The predicted molar refractivity (Wildman–Crippen MR) is 169 cm³/mol. The van der Waals surface area contributed by atoms with Gasteiger partial charge in [-0.1, -0.05) is 60.7 Å². The van der Waals surface area contributed by atoms with E-state index in [0.29, 0.717) is 12.1 Å². The standard InChI is InChI=1S/C34H36N4O4S/c1-22-10-7-8-13-26(22)20-36-32(41)30-34(2,3)43-21-38(30)33(42)29(39)28(18-23-11-5-4-6-12-23)37-31(40)25-15-16-27-24(19-25)14-9-17-35-27/h4-17,19,28-30,39H,18,20-21H2,1-3H3,(H,36,41)(H,37,40). The molecule has 3 atom stereocenters. The van der Waals surface area contributed by atoms with Gasteiger partial charge in [0.25, 0.3) is 11.8 Å². The Bertz CT molecular complexity index is 1630. The number of rotatable bonds is 9. The number of fused-ring (bicyclic) bond motifs is 1. The van der Waals surface area contributed by atoms with Crippen LogP contribution in [0.4, 0.5) is 0 Å². The van der Waals surface area contributed by atoms with E-state index in [1.165, 1.54) is 16.7 Å². The first kappa shape index (κ1) is 30.3. The third-order valence-electron chi connectivity index (χ3n) is 7.91. The second-order valence-corrected chi connectivity index (χ2v) is 13.0. The molecule has 0 bridgehead atoms. The molecule has 1 aromatic heterocycles. The van der Waals surface area contributed by atoms with Gasteiger partial charge in [-0.2, -0.15) is 0 Å². The summed E-state index contributed by atoms with van der Waals surface area (Å²) in [4.78, 5) is 46.6. The van der Waals surface area contributed by atoms with Gasteiger partial charge < -0.3 is 20.6 Å².